The summed E-state index contributed by atoms with van der Waals surface area (Å²) in [5.41, 5.74) is -2.14. The van der Waals surface area contributed by atoms with Crippen molar-refractivity contribution >= 4 is 5.97 Å². The number of hydrogen-bond acceptors (Lipinski definition) is 4. The number of carboxylic acids is 1. The summed E-state index contributed by atoms with van der Waals surface area (Å²) in [6.45, 7) is 22.4. The van der Waals surface area contributed by atoms with Gasteiger partial charge in [0.05, 0.1) is 17.6 Å². The normalized spacial score (nSPS) is 59.8. The number of aliphatic hydroxyl groups is 3. The highest BCUT2D eigenvalue weighted by Gasteiger charge is 2.81. The van der Waals surface area contributed by atoms with Crippen molar-refractivity contribution in [3.8, 4) is 0 Å². The second-order valence-corrected chi connectivity index (χ2v) is 16.2. The molecule has 5 aliphatic carbocycles. The van der Waals surface area contributed by atoms with Crippen molar-refractivity contribution in [3.05, 3.63) is 12.2 Å². The molecule has 0 unspecified atom stereocenters. The van der Waals surface area contributed by atoms with E-state index in [1.807, 2.05) is 6.92 Å². The average Bonchev–Trinajstić information content (AvgIpc) is 3.12. The summed E-state index contributed by atoms with van der Waals surface area (Å²) >= 11 is 0. The van der Waals surface area contributed by atoms with Gasteiger partial charge in [0.1, 0.15) is 0 Å². The summed E-state index contributed by atoms with van der Waals surface area (Å²) in [4.78, 5) is 12.9. The molecule has 0 bridgehead atoms. The van der Waals surface area contributed by atoms with Gasteiger partial charge in [0, 0.05) is 17.4 Å². The fourth-order valence-electron chi connectivity index (χ4n) is 13.2. The molecule has 5 nitrogen and oxygen atoms in total. The number of fused-ring (bicyclic) bond motifs is 7. The lowest BCUT2D eigenvalue weighted by Gasteiger charge is -2.80. The number of hydrogen-bond donors (Lipinski definition) is 4. The van der Waals surface area contributed by atoms with Gasteiger partial charge in [0.25, 0.3) is 0 Å². The van der Waals surface area contributed by atoms with Crippen LogP contribution in [0, 0.1) is 55.2 Å². The van der Waals surface area contributed by atoms with Gasteiger partial charge in [0.2, 0.25) is 0 Å². The van der Waals surface area contributed by atoms with Crippen LogP contribution in [0.25, 0.3) is 0 Å². The molecular weight excluding hydrogens is 476 g/mol. The Balaban J connectivity index is 1.69. The summed E-state index contributed by atoms with van der Waals surface area (Å²) in [5.74, 6) is -0.472. The van der Waals surface area contributed by atoms with E-state index in [1.165, 1.54) is 18.4 Å². The lowest BCUT2D eigenvalue weighted by molar-refractivity contribution is -0.345. The first-order chi connectivity index (χ1) is 17.3. The smallest absolute Gasteiger partial charge is 0.312 e. The molecule has 12 atom stereocenters. The zero-order valence-corrected chi connectivity index (χ0v) is 25.3. The van der Waals surface area contributed by atoms with Gasteiger partial charge in [0.15, 0.2) is 0 Å². The van der Waals surface area contributed by atoms with Crippen molar-refractivity contribution < 1.29 is 25.2 Å². The fraction of sp³-hybridized carbons (Fsp3) is 0.909. The molecule has 5 fully saturated rings. The van der Waals surface area contributed by atoms with Gasteiger partial charge < -0.3 is 20.4 Å². The minimum Gasteiger partial charge on any atom is -0.481 e. The zero-order valence-electron chi connectivity index (χ0n) is 25.3. The number of aliphatic hydroxyl groups excluding tert-OH is 3. The Morgan fingerprint density at radius 2 is 1.37 bits per heavy atom. The van der Waals surface area contributed by atoms with Crippen molar-refractivity contribution in [2.75, 3.05) is 6.61 Å². The Kier molecular flexibility index (Phi) is 5.93. The van der Waals surface area contributed by atoms with Crippen molar-refractivity contribution in [1.29, 1.82) is 0 Å². The van der Waals surface area contributed by atoms with Crippen molar-refractivity contribution in [1.82, 2.24) is 0 Å². The molecule has 5 saturated carbocycles. The first-order valence-corrected chi connectivity index (χ1v) is 15.2. The first-order valence-electron chi connectivity index (χ1n) is 15.2. The van der Waals surface area contributed by atoms with Crippen molar-refractivity contribution in [2.45, 2.75) is 125 Å². The molecule has 0 aromatic heterocycles. The Labute approximate surface area is 230 Å². The number of aliphatic carboxylic acids is 1. The van der Waals surface area contributed by atoms with E-state index >= 15 is 0 Å². The molecule has 5 heteroatoms. The van der Waals surface area contributed by atoms with Crippen LogP contribution in [0.2, 0.25) is 0 Å². The summed E-state index contributed by atoms with van der Waals surface area (Å²) in [7, 11) is 0. The standard InChI is InChI=1S/C33H54O5/c1-20(2)21-10-13-28(5)26(21,3)16-17-29(6)27(4)18-24(36)32(9)31(8,25(37)38)23(35)12-15-33(32,19-34)22(27)11-14-30(28,29)7/h21-24,34-36H,1,10-19H2,2-9H3,(H,37,38)/t21-,22+,23-,24-,26+,27-,28+,29+,30-,31+,32-,33+/m1/s1. The van der Waals surface area contributed by atoms with Crippen LogP contribution in [-0.4, -0.2) is 45.2 Å². The van der Waals surface area contributed by atoms with Crippen molar-refractivity contribution in [3.63, 3.8) is 0 Å². The second-order valence-electron chi connectivity index (χ2n) is 16.2. The molecule has 38 heavy (non-hydrogen) atoms. The van der Waals surface area contributed by atoms with Crippen LogP contribution < -0.4 is 0 Å². The minimum atomic E-state index is -1.53. The maximum absolute atomic E-state index is 12.9. The SMILES string of the molecule is C=C(C)[C@H]1CC[C@]2(C)[C@@]3(C)CC[C@@H]4[C@@]5(CO)CC[C@@H](O)[C@@](C)(C(=O)O)[C@@]5(C)[C@H](O)C[C@@]4(C)[C@]3(C)CC[C@@]12C. The van der Waals surface area contributed by atoms with E-state index in [4.69, 9.17) is 0 Å². The summed E-state index contributed by atoms with van der Waals surface area (Å²) in [6, 6.07) is 0. The topological polar surface area (TPSA) is 98.0 Å². The maximum Gasteiger partial charge on any atom is 0.312 e. The number of carbonyl (C=O) groups is 1. The Bertz CT molecular complexity index is 1060. The third kappa shape index (κ3) is 2.56. The van der Waals surface area contributed by atoms with E-state index in [-0.39, 0.29) is 39.6 Å². The predicted molar refractivity (Wildman–Crippen MR) is 149 cm³/mol. The maximum atomic E-state index is 12.9. The molecule has 4 N–H and O–H groups in total. The van der Waals surface area contributed by atoms with Gasteiger partial charge in [-0.3, -0.25) is 4.79 Å². The highest BCUT2D eigenvalue weighted by Crippen LogP contribution is 2.85. The molecule has 5 rings (SSSR count). The van der Waals surface area contributed by atoms with Gasteiger partial charge >= 0.3 is 5.97 Å². The third-order valence-electron chi connectivity index (χ3n) is 16.4. The summed E-state index contributed by atoms with van der Waals surface area (Å²) in [5, 5.41) is 45.1. The number of allylic oxidation sites excluding steroid dienone is 1. The Hall–Kier alpha value is -0.910. The molecule has 0 heterocycles. The second kappa shape index (κ2) is 7.88. The van der Waals surface area contributed by atoms with E-state index in [0.717, 1.165) is 25.7 Å². The number of rotatable bonds is 3. The monoisotopic (exact) mass is 530 g/mol. The molecule has 0 aromatic rings. The first kappa shape index (κ1) is 28.6. The molecule has 0 aromatic carbocycles. The lowest BCUT2D eigenvalue weighted by atomic mass is 9.24. The molecule has 5 aliphatic rings. The van der Waals surface area contributed by atoms with E-state index in [0.29, 0.717) is 25.2 Å². The van der Waals surface area contributed by atoms with E-state index in [2.05, 4.69) is 48.1 Å². The lowest BCUT2D eigenvalue weighted by Crippen LogP contribution is -2.78. The van der Waals surface area contributed by atoms with Crippen LogP contribution in [-0.2, 0) is 4.79 Å². The third-order valence-corrected chi connectivity index (χ3v) is 16.4. The van der Waals surface area contributed by atoms with Crippen molar-refractivity contribution in [2.24, 2.45) is 55.2 Å². The highest BCUT2D eigenvalue weighted by atomic mass is 16.4. The van der Waals surface area contributed by atoms with Crippen LogP contribution >= 0.6 is 0 Å². The predicted octanol–water partition coefficient (Wildman–Crippen LogP) is 6.20. The molecule has 0 spiro atoms. The highest BCUT2D eigenvalue weighted by molar-refractivity contribution is 5.77. The van der Waals surface area contributed by atoms with Crippen LogP contribution in [0.3, 0.4) is 0 Å². The molecule has 0 aliphatic heterocycles. The quantitative estimate of drug-likeness (QED) is 0.326. The van der Waals surface area contributed by atoms with Crippen LogP contribution in [0.15, 0.2) is 12.2 Å². The van der Waals surface area contributed by atoms with Gasteiger partial charge in [-0.1, -0.05) is 53.7 Å². The Morgan fingerprint density at radius 1 is 0.789 bits per heavy atom. The van der Waals surface area contributed by atoms with Gasteiger partial charge in [-0.25, -0.2) is 0 Å². The minimum absolute atomic E-state index is 0.0385. The van der Waals surface area contributed by atoms with Crippen LogP contribution in [0.4, 0.5) is 0 Å². The average molecular weight is 531 g/mol. The van der Waals surface area contributed by atoms with Crippen LogP contribution in [0.1, 0.15) is 113 Å². The van der Waals surface area contributed by atoms with Crippen LogP contribution in [0.5, 0.6) is 0 Å². The summed E-state index contributed by atoms with van der Waals surface area (Å²) in [6.07, 6.45) is 5.92. The van der Waals surface area contributed by atoms with E-state index in [1.54, 1.807) is 6.92 Å². The molecule has 0 radical (unpaired) electrons. The van der Waals surface area contributed by atoms with Gasteiger partial charge in [-0.2, -0.15) is 0 Å². The van der Waals surface area contributed by atoms with Gasteiger partial charge in [-0.05, 0) is 111 Å². The molecule has 0 saturated heterocycles. The zero-order chi connectivity index (χ0) is 28.5. The van der Waals surface area contributed by atoms with Gasteiger partial charge in [-0.15, -0.1) is 0 Å². The summed E-state index contributed by atoms with van der Waals surface area (Å²) < 4.78 is 0. The molecular formula is C33H54O5. The number of carboxylic acid groups (broad SMARTS) is 1. The van der Waals surface area contributed by atoms with E-state index in [9.17, 15) is 25.2 Å². The molecule has 216 valence electrons. The fourth-order valence-corrected chi connectivity index (χ4v) is 13.2. The van der Waals surface area contributed by atoms with E-state index < -0.39 is 34.4 Å². The Morgan fingerprint density at radius 3 is 1.92 bits per heavy atom. The largest absolute Gasteiger partial charge is 0.481 e. The molecule has 0 amide bonds.